The van der Waals surface area contributed by atoms with Crippen LogP contribution in [-0.2, 0) is 4.79 Å². The van der Waals surface area contributed by atoms with Gasteiger partial charge in [-0.2, -0.15) is 0 Å². The quantitative estimate of drug-likeness (QED) is 0.773. The zero-order valence-corrected chi connectivity index (χ0v) is 12.7. The molecule has 6 nitrogen and oxygen atoms in total. The van der Waals surface area contributed by atoms with E-state index in [1.807, 2.05) is 31.9 Å². The van der Waals surface area contributed by atoms with Crippen LogP contribution >= 0.6 is 0 Å². The summed E-state index contributed by atoms with van der Waals surface area (Å²) in [4.78, 5) is 26.0. The zero-order valence-electron chi connectivity index (χ0n) is 12.7. The van der Waals surface area contributed by atoms with Crippen LogP contribution in [0, 0.1) is 0 Å². The van der Waals surface area contributed by atoms with E-state index in [4.69, 9.17) is 5.73 Å². The first-order chi connectivity index (χ1) is 9.82. The molecule has 0 unspecified atom stereocenters. The summed E-state index contributed by atoms with van der Waals surface area (Å²) >= 11 is 0. The number of hydrogen-bond donors (Lipinski definition) is 3. The number of anilines is 2. The Bertz CT molecular complexity index is 569. The van der Waals surface area contributed by atoms with Gasteiger partial charge in [-0.15, -0.1) is 0 Å². The molecule has 4 N–H and O–H groups in total. The smallest absolute Gasteiger partial charge is 0.251 e. The summed E-state index contributed by atoms with van der Waals surface area (Å²) in [7, 11) is 1.93. The molecule has 0 atom stereocenters. The highest BCUT2D eigenvalue weighted by Crippen LogP contribution is 2.29. The number of rotatable bonds is 3. The first-order valence-electron chi connectivity index (χ1n) is 7.00. The second-order valence-electron chi connectivity index (χ2n) is 5.99. The van der Waals surface area contributed by atoms with Gasteiger partial charge in [0.25, 0.3) is 5.91 Å². The lowest BCUT2D eigenvalue weighted by molar-refractivity contribution is -0.115. The third kappa shape index (κ3) is 3.52. The maximum atomic E-state index is 12.3. The van der Waals surface area contributed by atoms with Crippen molar-refractivity contribution in [1.29, 1.82) is 0 Å². The monoisotopic (exact) mass is 290 g/mol. The third-order valence-corrected chi connectivity index (χ3v) is 3.58. The Kier molecular flexibility index (Phi) is 4.18. The Labute approximate surface area is 124 Å². The van der Waals surface area contributed by atoms with Gasteiger partial charge in [-0.25, -0.2) is 0 Å². The Morgan fingerprint density at radius 1 is 1.48 bits per heavy atom. The molecule has 1 aliphatic heterocycles. The van der Waals surface area contributed by atoms with Crippen molar-refractivity contribution in [1.82, 2.24) is 5.32 Å². The van der Waals surface area contributed by atoms with Crippen molar-refractivity contribution in [2.24, 2.45) is 5.73 Å². The van der Waals surface area contributed by atoms with Gasteiger partial charge >= 0.3 is 0 Å². The molecule has 0 aromatic heterocycles. The van der Waals surface area contributed by atoms with Crippen molar-refractivity contribution in [2.75, 3.05) is 30.4 Å². The van der Waals surface area contributed by atoms with E-state index in [1.165, 1.54) is 0 Å². The number of benzene rings is 1. The molecule has 1 aromatic rings. The fourth-order valence-electron chi connectivity index (χ4n) is 2.14. The molecule has 2 rings (SSSR count). The molecular formula is C15H22N4O2. The Balaban J connectivity index is 2.28. The van der Waals surface area contributed by atoms with Gasteiger partial charge in [0, 0.05) is 37.7 Å². The minimum Gasteiger partial charge on any atom is -0.372 e. The van der Waals surface area contributed by atoms with Crippen LogP contribution in [0.3, 0.4) is 0 Å². The molecule has 6 heteroatoms. The molecule has 2 amide bonds. The molecule has 114 valence electrons. The van der Waals surface area contributed by atoms with E-state index < -0.39 is 5.54 Å². The lowest BCUT2D eigenvalue weighted by Gasteiger charge is -2.25. The summed E-state index contributed by atoms with van der Waals surface area (Å²) in [6.07, 6.45) is 0.437. The Morgan fingerprint density at radius 2 is 2.19 bits per heavy atom. The predicted octanol–water partition coefficient (Wildman–Crippen LogP) is 0.932. The van der Waals surface area contributed by atoms with Gasteiger partial charge in [0.2, 0.25) is 5.91 Å². The molecule has 0 spiro atoms. The summed E-state index contributed by atoms with van der Waals surface area (Å²) in [5.74, 6) is -0.241. The van der Waals surface area contributed by atoms with E-state index in [2.05, 4.69) is 10.6 Å². The van der Waals surface area contributed by atoms with Gasteiger partial charge in [0.15, 0.2) is 0 Å². The van der Waals surface area contributed by atoms with Crippen molar-refractivity contribution in [3.63, 3.8) is 0 Å². The van der Waals surface area contributed by atoms with E-state index in [-0.39, 0.29) is 11.8 Å². The number of carbonyl (C=O) groups excluding carboxylic acids is 2. The summed E-state index contributed by atoms with van der Waals surface area (Å²) in [5, 5.41) is 5.72. The number of nitrogens with two attached hydrogens (primary N) is 1. The lowest BCUT2D eigenvalue weighted by atomic mass is 10.0. The molecule has 1 aliphatic rings. The van der Waals surface area contributed by atoms with Crippen LogP contribution in [0.15, 0.2) is 18.2 Å². The van der Waals surface area contributed by atoms with Gasteiger partial charge in [0.05, 0.1) is 11.4 Å². The van der Waals surface area contributed by atoms with Gasteiger partial charge in [0.1, 0.15) is 0 Å². The van der Waals surface area contributed by atoms with Crippen molar-refractivity contribution < 1.29 is 9.59 Å². The van der Waals surface area contributed by atoms with E-state index in [0.717, 1.165) is 5.69 Å². The highest BCUT2D eigenvalue weighted by atomic mass is 16.2. The number of amides is 2. The normalized spacial score (nSPS) is 15.0. The highest BCUT2D eigenvalue weighted by molar-refractivity contribution is 6.01. The first kappa shape index (κ1) is 15.3. The molecule has 1 aromatic carbocycles. The summed E-state index contributed by atoms with van der Waals surface area (Å²) in [6, 6.07) is 5.32. The largest absolute Gasteiger partial charge is 0.372 e. The Hall–Kier alpha value is -2.08. The minimum absolute atomic E-state index is 0.0413. The SMILES string of the molecule is CN1CCC(=O)Nc2cc(C(=O)NC(C)(C)CN)ccc21. The van der Waals surface area contributed by atoms with E-state index >= 15 is 0 Å². The number of carbonyl (C=O) groups is 2. The lowest BCUT2D eigenvalue weighted by Crippen LogP contribution is -2.48. The average Bonchev–Trinajstić information content (AvgIpc) is 2.57. The number of nitrogens with zero attached hydrogens (tertiary/aromatic N) is 1. The second-order valence-corrected chi connectivity index (χ2v) is 5.99. The standard InChI is InChI=1S/C15H22N4O2/c1-15(2,9-16)18-14(21)10-4-5-12-11(8-10)17-13(20)6-7-19(12)3/h4-5,8H,6-7,9,16H2,1-3H3,(H,17,20)(H,18,21). The maximum absolute atomic E-state index is 12.3. The van der Waals surface area contributed by atoms with Crippen LogP contribution in [0.25, 0.3) is 0 Å². The number of nitrogens with one attached hydrogen (secondary N) is 2. The van der Waals surface area contributed by atoms with Crippen LogP contribution in [0.4, 0.5) is 11.4 Å². The molecule has 0 saturated heterocycles. The molecule has 0 fully saturated rings. The third-order valence-electron chi connectivity index (χ3n) is 3.58. The van der Waals surface area contributed by atoms with Crippen LogP contribution in [-0.4, -0.2) is 37.5 Å². The Morgan fingerprint density at radius 3 is 2.86 bits per heavy atom. The summed E-state index contributed by atoms with van der Waals surface area (Å²) < 4.78 is 0. The average molecular weight is 290 g/mol. The van der Waals surface area contributed by atoms with Crippen molar-refractivity contribution in [2.45, 2.75) is 25.8 Å². The molecule has 0 radical (unpaired) electrons. The molecular weight excluding hydrogens is 268 g/mol. The van der Waals surface area contributed by atoms with Crippen LogP contribution in [0.1, 0.15) is 30.6 Å². The topological polar surface area (TPSA) is 87.5 Å². The van der Waals surface area contributed by atoms with E-state index in [1.54, 1.807) is 12.1 Å². The minimum atomic E-state index is -0.468. The van der Waals surface area contributed by atoms with Crippen molar-refractivity contribution in [3.8, 4) is 0 Å². The van der Waals surface area contributed by atoms with Crippen molar-refractivity contribution in [3.05, 3.63) is 23.8 Å². The fraction of sp³-hybridized carbons (Fsp3) is 0.467. The molecule has 1 heterocycles. The van der Waals surface area contributed by atoms with Gasteiger partial charge in [-0.3, -0.25) is 9.59 Å². The van der Waals surface area contributed by atoms with E-state index in [9.17, 15) is 9.59 Å². The van der Waals surface area contributed by atoms with Crippen LogP contribution in [0.5, 0.6) is 0 Å². The summed E-state index contributed by atoms with van der Waals surface area (Å²) in [5.41, 5.74) is 7.24. The highest BCUT2D eigenvalue weighted by Gasteiger charge is 2.22. The molecule has 0 bridgehead atoms. The van der Waals surface area contributed by atoms with Gasteiger partial charge < -0.3 is 21.3 Å². The van der Waals surface area contributed by atoms with Crippen molar-refractivity contribution >= 4 is 23.2 Å². The number of fused-ring (bicyclic) bond motifs is 1. The van der Waals surface area contributed by atoms with E-state index in [0.29, 0.717) is 30.8 Å². The number of hydrogen-bond acceptors (Lipinski definition) is 4. The van der Waals surface area contributed by atoms with Crippen LogP contribution < -0.4 is 21.3 Å². The fourth-order valence-corrected chi connectivity index (χ4v) is 2.14. The molecule has 0 aliphatic carbocycles. The zero-order chi connectivity index (χ0) is 15.6. The summed E-state index contributed by atoms with van der Waals surface area (Å²) in [6.45, 7) is 4.74. The maximum Gasteiger partial charge on any atom is 0.251 e. The van der Waals surface area contributed by atoms with Crippen LogP contribution in [0.2, 0.25) is 0 Å². The van der Waals surface area contributed by atoms with Gasteiger partial charge in [-0.05, 0) is 32.0 Å². The first-order valence-corrected chi connectivity index (χ1v) is 7.00. The second kappa shape index (κ2) is 5.73. The molecule has 21 heavy (non-hydrogen) atoms. The van der Waals surface area contributed by atoms with Gasteiger partial charge in [-0.1, -0.05) is 0 Å². The molecule has 0 saturated carbocycles. The predicted molar refractivity (Wildman–Crippen MR) is 83.6 cm³/mol.